The van der Waals surface area contributed by atoms with Crippen LogP contribution in [0.2, 0.25) is 5.02 Å². The van der Waals surface area contributed by atoms with Gasteiger partial charge in [0.2, 0.25) is 10.0 Å². The third kappa shape index (κ3) is 3.45. The molecule has 0 N–H and O–H groups in total. The van der Waals surface area contributed by atoms with Crippen molar-refractivity contribution < 1.29 is 8.42 Å². The average molecular weight is 390 g/mol. The van der Waals surface area contributed by atoms with Crippen molar-refractivity contribution in [3.05, 3.63) is 57.8 Å². The van der Waals surface area contributed by atoms with Crippen molar-refractivity contribution in [1.82, 2.24) is 9.29 Å². The summed E-state index contributed by atoms with van der Waals surface area (Å²) in [6.07, 6.45) is 3.29. The predicted molar refractivity (Wildman–Crippen MR) is 86.8 cm³/mol. The van der Waals surface area contributed by atoms with Crippen molar-refractivity contribution in [2.45, 2.75) is 17.9 Å². The monoisotopic (exact) mass is 388 g/mol. The molecule has 0 spiro atoms. The number of nitrogens with zero attached hydrogens (tertiary/aromatic N) is 2. The molecule has 7 heteroatoms. The Morgan fingerprint density at radius 2 is 1.86 bits per heavy atom. The zero-order valence-corrected chi connectivity index (χ0v) is 14.7. The molecule has 0 fully saturated rings. The van der Waals surface area contributed by atoms with Crippen molar-refractivity contribution in [3.63, 3.8) is 0 Å². The fourth-order valence-corrected chi connectivity index (χ4v) is 3.89. The molecule has 21 heavy (non-hydrogen) atoms. The lowest BCUT2D eigenvalue weighted by molar-refractivity contribution is 0.398. The van der Waals surface area contributed by atoms with Crippen LogP contribution in [0.3, 0.4) is 0 Å². The van der Waals surface area contributed by atoms with E-state index < -0.39 is 10.0 Å². The van der Waals surface area contributed by atoms with E-state index in [0.717, 1.165) is 5.56 Å². The molecule has 0 saturated heterocycles. The summed E-state index contributed by atoms with van der Waals surface area (Å²) in [7, 11) is -2.04. The van der Waals surface area contributed by atoms with Crippen molar-refractivity contribution in [2.75, 3.05) is 7.05 Å². The van der Waals surface area contributed by atoms with Gasteiger partial charge in [0.25, 0.3) is 0 Å². The average Bonchev–Trinajstić information content (AvgIpc) is 2.49. The molecule has 1 atom stereocenters. The van der Waals surface area contributed by atoms with Crippen LogP contribution < -0.4 is 0 Å². The first-order valence-electron chi connectivity index (χ1n) is 6.17. The smallest absolute Gasteiger partial charge is 0.243 e. The molecular formula is C14H14BrClN2O2S. The van der Waals surface area contributed by atoms with E-state index in [1.807, 2.05) is 6.92 Å². The van der Waals surface area contributed by atoms with Crippen LogP contribution in [-0.4, -0.2) is 24.8 Å². The molecule has 1 aromatic carbocycles. The number of pyridine rings is 1. The number of sulfonamides is 1. The molecule has 112 valence electrons. The van der Waals surface area contributed by atoms with Crippen LogP contribution >= 0.6 is 27.5 Å². The van der Waals surface area contributed by atoms with E-state index in [4.69, 9.17) is 11.6 Å². The molecule has 0 amide bonds. The summed E-state index contributed by atoms with van der Waals surface area (Å²) in [4.78, 5) is 4.14. The summed E-state index contributed by atoms with van der Waals surface area (Å²) >= 11 is 9.15. The topological polar surface area (TPSA) is 50.3 Å². The summed E-state index contributed by atoms with van der Waals surface area (Å²) < 4.78 is 27.2. The van der Waals surface area contributed by atoms with E-state index in [0.29, 0.717) is 9.50 Å². The highest BCUT2D eigenvalue weighted by Gasteiger charge is 2.26. The Hall–Kier alpha value is -0.950. The molecule has 0 radical (unpaired) electrons. The molecule has 0 aliphatic rings. The van der Waals surface area contributed by atoms with E-state index in [1.54, 1.807) is 37.6 Å². The number of aromatic nitrogens is 1. The first kappa shape index (κ1) is 16.4. The van der Waals surface area contributed by atoms with Gasteiger partial charge in [-0.15, -0.1) is 0 Å². The summed E-state index contributed by atoms with van der Waals surface area (Å²) in [5.41, 5.74) is 0.879. The summed E-state index contributed by atoms with van der Waals surface area (Å²) in [6.45, 7) is 1.83. The third-order valence-corrected chi connectivity index (χ3v) is 6.44. The van der Waals surface area contributed by atoms with E-state index >= 15 is 0 Å². The van der Waals surface area contributed by atoms with Gasteiger partial charge in [0, 0.05) is 30.0 Å². The molecule has 1 aromatic heterocycles. The second-order valence-electron chi connectivity index (χ2n) is 4.55. The lowest BCUT2D eigenvalue weighted by Gasteiger charge is -2.24. The molecule has 0 aliphatic carbocycles. The lowest BCUT2D eigenvalue weighted by Crippen LogP contribution is -2.29. The number of rotatable bonds is 4. The largest absolute Gasteiger partial charge is 0.265 e. The van der Waals surface area contributed by atoms with E-state index in [1.165, 1.54) is 16.4 Å². The van der Waals surface area contributed by atoms with Crippen LogP contribution in [0.15, 0.2) is 52.1 Å². The zero-order chi connectivity index (χ0) is 15.6. The molecule has 2 rings (SSSR count). The van der Waals surface area contributed by atoms with Crippen LogP contribution in [0.1, 0.15) is 18.5 Å². The molecule has 1 heterocycles. The minimum Gasteiger partial charge on any atom is -0.265 e. The lowest BCUT2D eigenvalue weighted by atomic mass is 10.1. The van der Waals surface area contributed by atoms with Gasteiger partial charge in [-0.25, -0.2) is 8.42 Å². The van der Waals surface area contributed by atoms with Crippen LogP contribution in [0.25, 0.3) is 0 Å². The Bertz CT molecular complexity index is 738. The van der Waals surface area contributed by atoms with Crippen molar-refractivity contribution >= 4 is 37.6 Å². The van der Waals surface area contributed by atoms with Crippen molar-refractivity contribution in [1.29, 1.82) is 0 Å². The van der Waals surface area contributed by atoms with Gasteiger partial charge >= 0.3 is 0 Å². The Morgan fingerprint density at radius 1 is 1.24 bits per heavy atom. The first-order chi connectivity index (χ1) is 9.84. The van der Waals surface area contributed by atoms with Crippen molar-refractivity contribution in [2.24, 2.45) is 0 Å². The standard InChI is InChI=1S/C14H14BrClN2O2S/c1-10(11-5-7-17-8-6-11)18(2)21(19,20)12-3-4-14(16)13(15)9-12/h3-10H,1-2H3. The second kappa shape index (κ2) is 6.44. The van der Waals surface area contributed by atoms with Crippen LogP contribution in [0, 0.1) is 0 Å². The SMILES string of the molecule is CC(c1ccncc1)N(C)S(=O)(=O)c1ccc(Cl)c(Br)c1. The molecule has 0 saturated carbocycles. The highest BCUT2D eigenvalue weighted by atomic mass is 79.9. The number of benzene rings is 1. The quantitative estimate of drug-likeness (QED) is 0.797. The summed E-state index contributed by atoms with van der Waals surface area (Å²) in [5.74, 6) is 0. The maximum atomic E-state index is 12.7. The third-order valence-electron chi connectivity index (χ3n) is 3.30. The number of hydrogen-bond donors (Lipinski definition) is 0. The van der Waals surface area contributed by atoms with Gasteiger partial charge in [0.1, 0.15) is 0 Å². The van der Waals surface area contributed by atoms with Gasteiger partial charge in [-0.2, -0.15) is 4.31 Å². The van der Waals surface area contributed by atoms with Crippen LogP contribution in [0.4, 0.5) is 0 Å². The van der Waals surface area contributed by atoms with Crippen LogP contribution in [-0.2, 0) is 10.0 Å². The van der Waals surface area contributed by atoms with Gasteiger partial charge in [-0.05, 0) is 58.7 Å². The minimum atomic E-state index is -3.60. The highest BCUT2D eigenvalue weighted by molar-refractivity contribution is 9.10. The predicted octanol–water partition coefficient (Wildman–Crippen LogP) is 3.88. The highest BCUT2D eigenvalue weighted by Crippen LogP contribution is 2.29. The molecule has 4 nitrogen and oxygen atoms in total. The molecule has 0 bridgehead atoms. The maximum absolute atomic E-state index is 12.7. The number of hydrogen-bond acceptors (Lipinski definition) is 3. The fourth-order valence-electron chi connectivity index (χ4n) is 1.86. The normalized spacial score (nSPS) is 13.4. The van der Waals surface area contributed by atoms with E-state index in [2.05, 4.69) is 20.9 Å². The first-order valence-corrected chi connectivity index (χ1v) is 8.78. The fraction of sp³-hybridized carbons (Fsp3) is 0.214. The second-order valence-corrected chi connectivity index (χ2v) is 7.81. The molecule has 2 aromatic rings. The molecule has 1 unspecified atom stereocenters. The van der Waals surface area contributed by atoms with Gasteiger partial charge in [-0.1, -0.05) is 11.6 Å². The zero-order valence-electron chi connectivity index (χ0n) is 11.5. The van der Waals surface area contributed by atoms with Crippen LogP contribution in [0.5, 0.6) is 0 Å². The minimum absolute atomic E-state index is 0.196. The van der Waals surface area contributed by atoms with Gasteiger partial charge < -0.3 is 0 Å². The van der Waals surface area contributed by atoms with Gasteiger partial charge in [0.05, 0.1) is 9.92 Å². The van der Waals surface area contributed by atoms with Gasteiger partial charge in [0.15, 0.2) is 0 Å². The van der Waals surface area contributed by atoms with E-state index in [-0.39, 0.29) is 10.9 Å². The Kier molecular flexibility index (Phi) is 5.03. The Balaban J connectivity index is 2.36. The molecule has 0 aliphatic heterocycles. The maximum Gasteiger partial charge on any atom is 0.243 e. The number of halogens is 2. The summed E-state index contributed by atoms with van der Waals surface area (Å²) in [6, 6.07) is 7.87. The van der Waals surface area contributed by atoms with Gasteiger partial charge in [-0.3, -0.25) is 4.98 Å². The van der Waals surface area contributed by atoms with E-state index in [9.17, 15) is 8.42 Å². The van der Waals surface area contributed by atoms with Crippen molar-refractivity contribution in [3.8, 4) is 0 Å². The summed E-state index contributed by atoms with van der Waals surface area (Å²) in [5, 5.41) is 0.471. The Morgan fingerprint density at radius 3 is 2.43 bits per heavy atom. The Labute approximate surface area is 137 Å². The molecular weight excluding hydrogens is 376 g/mol.